The zero-order chi connectivity index (χ0) is 23.4. The van der Waals surface area contributed by atoms with E-state index in [4.69, 9.17) is 4.98 Å². The van der Waals surface area contributed by atoms with Crippen molar-refractivity contribution in [1.29, 1.82) is 0 Å². The zero-order valence-electron chi connectivity index (χ0n) is 18.7. The monoisotopic (exact) mass is 477 g/mol. The topological polar surface area (TPSA) is 86.7 Å². The van der Waals surface area contributed by atoms with Gasteiger partial charge in [0, 0.05) is 32.7 Å². The third kappa shape index (κ3) is 3.38. The minimum absolute atomic E-state index is 0. The van der Waals surface area contributed by atoms with Gasteiger partial charge < -0.3 is 9.80 Å². The van der Waals surface area contributed by atoms with Crippen LogP contribution in [0.15, 0.2) is 59.8 Å². The number of rotatable bonds is 3. The predicted octanol–water partition coefficient (Wildman–Crippen LogP) is 3.40. The van der Waals surface area contributed by atoms with E-state index in [0.717, 1.165) is 11.1 Å². The number of anilines is 3. The molecule has 2 aliphatic heterocycles. The Hall–Kier alpha value is -3.59. The second kappa shape index (κ2) is 8.64. The van der Waals surface area contributed by atoms with Gasteiger partial charge in [-0.2, -0.15) is 0 Å². The van der Waals surface area contributed by atoms with Gasteiger partial charge in [-0.25, -0.2) is 4.98 Å². The van der Waals surface area contributed by atoms with Crippen LogP contribution in [0.2, 0.25) is 0 Å². The van der Waals surface area contributed by atoms with Crippen LogP contribution in [0.5, 0.6) is 0 Å². The van der Waals surface area contributed by atoms with E-state index in [1.54, 1.807) is 47.6 Å². The van der Waals surface area contributed by atoms with E-state index in [1.165, 1.54) is 0 Å². The van der Waals surface area contributed by atoms with Gasteiger partial charge in [-0.3, -0.25) is 23.7 Å². The molecule has 0 N–H and O–H groups in total. The smallest absolute Gasteiger partial charge is 0.261 e. The highest BCUT2D eigenvalue weighted by atomic mass is 32.2. The summed E-state index contributed by atoms with van der Waals surface area (Å²) in [6, 6.07) is 11.9. The van der Waals surface area contributed by atoms with Gasteiger partial charge in [-0.15, -0.1) is 0 Å². The molecular weight excluding hydrogens is 450 g/mol. The molecule has 2 aliphatic rings. The highest BCUT2D eigenvalue weighted by molar-refractivity contribution is 7.84. The van der Waals surface area contributed by atoms with Crippen molar-refractivity contribution in [1.82, 2.24) is 9.97 Å². The standard InChI is InChI=1S/C24H23N5O3S.CH4/c1-14-23(30)28(3)17-10-11-19(26-22(17)27(14)2)29-21(15-7-6-12-25-13-15)16-8-5-9-18(33(4)32)20(16)24(29)31;/h5-14,21H,1-4H3;1H4/t14-,21?,33?;/m1./s1. The number of hydrogen-bond acceptors (Lipinski definition) is 6. The molecule has 2 amide bonds. The Bertz CT molecular complexity index is 1310. The maximum absolute atomic E-state index is 13.8. The second-order valence-corrected chi connectivity index (χ2v) is 9.58. The van der Waals surface area contributed by atoms with Crippen LogP contribution < -0.4 is 14.7 Å². The van der Waals surface area contributed by atoms with Crippen molar-refractivity contribution < 1.29 is 13.8 Å². The number of carbonyl (C=O) groups excluding carboxylic acids is 2. The largest absolute Gasteiger partial charge is 0.346 e. The first-order valence-electron chi connectivity index (χ1n) is 10.5. The minimum Gasteiger partial charge on any atom is -0.346 e. The van der Waals surface area contributed by atoms with Gasteiger partial charge >= 0.3 is 0 Å². The van der Waals surface area contributed by atoms with Crippen molar-refractivity contribution >= 4 is 39.9 Å². The summed E-state index contributed by atoms with van der Waals surface area (Å²) in [6.45, 7) is 1.83. The van der Waals surface area contributed by atoms with Gasteiger partial charge in [-0.05, 0) is 42.3 Å². The van der Waals surface area contributed by atoms with E-state index in [2.05, 4.69) is 4.98 Å². The van der Waals surface area contributed by atoms with E-state index in [-0.39, 0.29) is 25.3 Å². The van der Waals surface area contributed by atoms with Gasteiger partial charge in [0.2, 0.25) is 5.91 Å². The average molecular weight is 478 g/mol. The van der Waals surface area contributed by atoms with Gasteiger partial charge in [0.15, 0.2) is 5.82 Å². The van der Waals surface area contributed by atoms with E-state index < -0.39 is 16.8 Å². The summed E-state index contributed by atoms with van der Waals surface area (Å²) in [5.41, 5.74) is 2.73. The Morgan fingerprint density at radius 3 is 2.47 bits per heavy atom. The van der Waals surface area contributed by atoms with Crippen LogP contribution in [0.3, 0.4) is 0 Å². The number of amides is 2. The number of carbonyl (C=O) groups is 2. The molecular formula is C25H27N5O3S. The number of aromatic nitrogens is 2. The van der Waals surface area contributed by atoms with Crippen LogP contribution in [-0.2, 0) is 15.6 Å². The minimum atomic E-state index is -1.33. The fourth-order valence-electron chi connectivity index (χ4n) is 4.56. The molecule has 2 aromatic heterocycles. The fraction of sp³-hybridized carbons (Fsp3) is 0.280. The average Bonchev–Trinajstić information content (AvgIpc) is 3.14. The van der Waals surface area contributed by atoms with Crippen molar-refractivity contribution in [3.63, 3.8) is 0 Å². The fourth-order valence-corrected chi connectivity index (χ4v) is 5.32. The van der Waals surface area contributed by atoms with Crippen LogP contribution in [0, 0.1) is 0 Å². The van der Waals surface area contributed by atoms with Crippen LogP contribution in [0.1, 0.15) is 41.9 Å². The summed E-state index contributed by atoms with van der Waals surface area (Å²) in [5, 5.41) is 0. The summed E-state index contributed by atoms with van der Waals surface area (Å²) in [4.78, 5) is 41.0. The SMILES string of the molecule is C.C[C@@H]1C(=O)N(C)c2ccc(N3C(=O)c4c(cccc4S(C)=O)C3c3cccnc3)nc2N1C. The predicted molar refractivity (Wildman–Crippen MR) is 134 cm³/mol. The Labute approximate surface area is 201 Å². The lowest BCUT2D eigenvalue weighted by atomic mass is 9.99. The molecule has 2 unspecified atom stereocenters. The van der Waals surface area contributed by atoms with Crippen LogP contribution >= 0.6 is 0 Å². The number of hydrogen-bond donors (Lipinski definition) is 0. The lowest BCUT2D eigenvalue weighted by Gasteiger charge is -2.37. The molecule has 0 saturated heterocycles. The third-order valence-corrected chi connectivity index (χ3v) is 7.36. The Kier molecular flexibility index (Phi) is 5.99. The zero-order valence-corrected chi connectivity index (χ0v) is 19.5. The molecule has 1 aromatic carbocycles. The normalized spacial score (nSPS) is 20.1. The number of pyridine rings is 2. The Morgan fingerprint density at radius 2 is 1.79 bits per heavy atom. The molecule has 0 bridgehead atoms. The van der Waals surface area contributed by atoms with Gasteiger partial charge in [0.25, 0.3) is 5.91 Å². The Morgan fingerprint density at radius 1 is 1.03 bits per heavy atom. The molecule has 9 heteroatoms. The lowest BCUT2D eigenvalue weighted by molar-refractivity contribution is -0.119. The van der Waals surface area contributed by atoms with Crippen molar-refractivity contribution in [2.24, 2.45) is 0 Å². The van der Waals surface area contributed by atoms with Crippen molar-refractivity contribution in [3.8, 4) is 0 Å². The number of benzene rings is 1. The van der Waals surface area contributed by atoms with Crippen LogP contribution in [-0.4, -0.2) is 52.4 Å². The molecule has 0 radical (unpaired) electrons. The first-order chi connectivity index (χ1) is 15.8. The molecule has 34 heavy (non-hydrogen) atoms. The highest BCUT2D eigenvalue weighted by Crippen LogP contribution is 2.44. The number of nitrogens with zero attached hydrogens (tertiary/aromatic N) is 5. The van der Waals surface area contributed by atoms with E-state index in [9.17, 15) is 13.8 Å². The van der Waals surface area contributed by atoms with E-state index in [0.29, 0.717) is 27.8 Å². The first-order valence-corrected chi connectivity index (χ1v) is 12.1. The number of likely N-dealkylation sites (N-methyl/N-ethyl adjacent to an activating group) is 2. The molecule has 176 valence electrons. The number of fused-ring (bicyclic) bond motifs is 2. The maximum Gasteiger partial charge on any atom is 0.261 e. The van der Waals surface area contributed by atoms with Crippen molar-refractivity contribution in [3.05, 3.63) is 71.5 Å². The van der Waals surface area contributed by atoms with Gasteiger partial charge in [-0.1, -0.05) is 25.6 Å². The molecule has 0 fully saturated rings. The first kappa shape index (κ1) is 23.6. The highest BCUT2D eigenvalue weighted by Gasteiger charge is 2.42. The van der Waals surface area contributed by atoms with E-state index in [1.807, 2.05) is 49.2 Å². The summed E-state index contributed by atoms with van der Waals surface area (Å²) in [7, 11) is 2.22. The van der Waals surface area contributed by atoms with Gasteiger partial charge in [0.1, 0.15) is 11.9 Å². The summed E-state index contributed by atoms with van der Waals surface area (Å²) >= 11 is 0. The molecule has 0 spiro atoms. The van der Waals surface area contributed by atoms with Crippen LogP contribution in [0.25, 0.3) is 0 Å². The second-order valence-electron chi connectivity index (χ2n) is 8.23. The Balaban J connectivity index is 0.00000274. The van der Waals surface area contributed by atoms with Crippen molar-refractivity contribution in [2.45, 2.75) is 31.3 Å². The molecule has 3 atom stereocenters. The maximum atomic E-state index is 13.8. The van der Waals surface area contributed by atoms with Gasteiger partial charge in [0.05, 0.1) is 33.0 Å². The molecule has 0 aliphatic carbocycles. The molecule has 8 nitrogen and oxygen atoms in total. The van der Waals surface area contributed by atoms with Crippen LogP contribution in [0.4, 0.5) is 17.3 Å². The molecule has 0 saturated carbocycles. The summed E-state index contributed by atoms with van der Waals surface area (Å²) < 4.78 is 12.4. The molecule has 5 rings (SSSR count). The quantitative estimate of drug-likeness (QED) is 0.575. The molecule has 3 aromatic rings. The lowest BCUT2D eigenvalue weighted by Crippen LogP contribution is -2.49. The summed E-state index contributed by atoms with van der Waals surface area (Å²) in [5.74, 6) is 0.800. The van der Waals surface area contributed by atoms with Crippen molar-refractivity contribution in [2.75, 3.05) is 35.1 Å². The van der Waals surface area contributed by atoms with E-state index >= 15 is 0 Å². The molecule has 4 heterocycles. The summed E-state index contributed by atoms with van der Waals surface area (Å²) in [6.07, 6.45) is 4.99. The third-order valence-electron chi connectivity index (χ3n) is 6.40.